The lowest BCUT2D eigenvalue weighted by atomic mass is 10.0. The second kappa shape index (κ2) is 5.68. The Morgan fingerprint density at radius 3 is 2.32 bits per heavy atom. The van der Waals surface area contributed by atoms with Gasteiger partial charge in [0.1, 0.15) is 0 Å². The van der Waals surface area contributed by atoms with Crippen LogP contribution in [0.2, 0.25) is 0 Å². The van der Waals surface area contributed by atoms with Crippen LogP contribution in [0.25, 0.3) is 0 Å². The molecule has 0 spiro atoms. The van der Waals surface area contributed by atoms with E-state index in [4.69, 9.17) is 5.73 Å². The standard InChI is InChI=1S/C11H21N7O/c1-11(2,6-7(12)19)17-9-14-8(13-3)15-10(16-9)18(4)5/h6H2,1-5H3,(H2,12,19)(H2,13,14,15,16,17). The van der Waals surface area contributed by atoms with Gasteiger partial charge in [0.15, 0.2) is 0 Å². The molecule has 19 heavy (non-hydrogen) atoms. The minimum Gasteiger partial charge on any atom is -0.370 e. The first-order valence-electron chi connectivity index (χ1n) is 5.91. The molecule has 0 atom stereocenters. The van der Waals surface area contributed by atoms with E-state index < -0.39 is 5.54 Å². The van der Waals surface area contributed by atoms with Crippen molar-refractivity contribution < 1.29 is 4.79 Å². The third kappa shape index (κ3) is 4.57. The molecule has 1 aromatic rings. The van der Waals surface area contributed by atoms with Crippen LogP contribution in [-0.2, 0) is 4.79 Å². The van der Waals surface area contributed by atoms with Gasteiger partial charge in [0.05, 0.1) is 0 Å². The van der Waals surface area contributed by atoms with Crippen molar-refractivity contribution in [1.29, 1.82) is 0 Å². The lowest BCUT2D eigenvalue weighted by Crippen LogP contribution is -2.37. The maximum atomic E-state index is 11.0. The number of aromatic nitrogens is 3. The number of carbonyl (C=O) groups is 1. The molecule has 0 unspecified atom stereocenters. The molecule has 0 aromatic carbocycles. The molecule has 8 nitrogen and oxygen atoms in total. The maximum Gasteiger partial charge on any atom is 0.231 e. The van der Waals surface area contributed by atoms with Crippen LogP contribution in [-0.4, -0.2) is 47.5 Å². The van der Waals surface area contributed by atoms with E-state index in [1.807, 2.05) is 27.9 Å². The van der Waals surface area contributed by atoms with Gasteiger partial charge in [0, 0.05) is 33.1 Å². The van der Waals surface area contributed by atoms with Gasteiger partial charge in [-0.3, -0.25) is 4.79 Å². The molecule has 0 saturated heterocycles. The van der Waals surface area contributed by atoms with Crippen LogP contribution < -0.4 is 21.3 Å². The predicted molar refractivity (Wildman–Crippen MR) is 75.2 cm³/mol. The largest absolute Gasteiger partial charge is 0.370 e. The first-order valence-corrected chi connectivity index (χ1v) is 5.91. The topological polar surface area (TPSA) is 109 Å². The summed E-state index contributed by atoms with van der Waals surface area (Å²) in [5, 5.41) is 5.96. The van der Waals surface area contributed by atoms with Crippen LogP contribution in [0.4, 0.5) is 17.8 Å². The summed E-state index contributed by atoms with van der Waals surface area (Å²) in [5.41, 5.74) is 4.69. The normalized spacial score (nSPS) is 11.0. The first-order chi connectivity index (χ1) is 8.73. The van der Waals surface area contributed by atoms with Crippen molar-refractivity contribution >= 4 is 23.8 Å². The van der Waals surface area contributed by atoms with Gasteiger partial charge in [0.2, 0.25) is 23.8 Å². The van der Waals surface area contributed by atoms with Gasteiger partial charge in [-0.1, -0.05) is 0 Å². The fourth-order valence-corrected chi connectivity index (χ4v) is 1.51. The van der Waals surface area contributed by atoms with E-state index >= 15 is 0 Å². The van der Waals surface area contributed by atoms with E-state index in [2.05, 4.69) is 25.6 Å². The predicted octanol–water partition coefficient (Wildman–Crippen LogP) is 0.0452. The molecule has 1 heterocycles. The quantitative estimate of drug-likeness (QED) is 0.668. The first kappa shape index (κ1) is 14.9. The number of primary amides is 1. The smallest absolute Gasteiger partial charge is 0.231 e. The van der Waals surface area contributed by atoms with Crippen LogP contribution in [0.1, 0.15) is 20.3 Å². The summed E-state index contributed by atoms with van der Waals surface area (Å²) >= 11 is 0. The summed E-state index contributed by atoms with van der Waals surface area (Å²) in [5.74, 6) is 0.996. The number of nitrogens with zero attached hydrogens (tertiary/aromatic N) is 4. The monoisotopic (exact) mass is 267 g/mol. The van der Waals surface area contributed by atoms with E-state index in [0.29, 0.717) is 17.8 Å². The molecule has 0 saturated carbocycles. The Bertz CT molecular complexity index is 458. The molecule has 0 fully saturated rings. The average Bonchev–Trinajstić information content (AvgIpc) is 2.25. The van der Waals surface area contributed by atoms with Crippen molar-refractivity contribution in [2.45, 2.75) is 25.8 Å². The molecule has 0 aliphatic heterocycles. The summed E-state index contributed by atoms with van der Waals surface area (Å²) in [6, 6.07) is 0. The highest BCUT2D eigenvalue weighted by atomic mass is 16.1. The fraction of sp³-hybridized carbons (Fsp3) is 0.636. The molecule has 0 radical (unpaired) electrons. The number of hydrogen-bond acceptors (Lipinski definition) is 7. The number of hydrogen-bond donors (Lipinski definition) is 3. The minimum atomic E-state index is -0.526. The van der Waals surface area contributed by atoms with Crippen molar-refractivity contribution in [3.8, 4) is 0 Å². The number of nitrogens with one attached hydrogen (secondary N) is 2. The van der Waals surface area contributed by atoms with E-state index in [1.165, 1.54) is 0 Å². The fourth-order valence-electron chi connectivity index (χ4n) is 1.51. The molecule has 1 aromatic heterocycles. The molecule has 4 N–H and O–H groups in total. The Kier molecular flexibility index (Phi) is 4.47. The van der Waals surface area contributed by atoms with Crippen LogP contribution in [0.15, 0.2) is 0 Å². The molecule has 0 bridgehead atoms. The third-order valence-electron chi connectivity index (χ3n) is 2.31. The third-order valence-corrected chi connectivity index (χ3v) is 2.31. The van der Waals surface area contributed by atoms with Crippen LogP contribution in [0.5, 0.6) is 0 Å². The van der Waals surface area contributed by atoms with Crippen LogP contribution in [0.3, 0.4) is 0 Å². The number of amides is 1. The van der Waals surface area contributed by atoms with Crippen molar-refractivity contribution in [1.82, 2.24) is 15.0 Å². The Morgan fingerprint density at radius 1 is 1.26 bits per heavy atom. The number of anilines is 3. The molecule has 0 aliphatic rings. The van der Waals surface area contributed by atoms with E-state index in [0.717, 1.165) is 0 Å². The molecule has 106 valence electrons. The summed E-state index contributed by atoms with van der Waals surface area (Å²) in [6.07, 6.45) is 0.185. The minimum absolute atomic E-state index is 0.185. The van der Waals surface area contributed by atoms with Gasteiger partial charge in [-0.05, 0) is 13.8 Å². The summed E-state index contributed by atoms with van der Waals surface area (Å²) < 4.78 is 0. The Morgan fingerprint density at radius 2 is 1.84 bits per heavy atom. The van der Waals surface area contributed by atoms with E-state index in [9.17, 15) is 4.79 Å². The zero-order valence-corrected chi connectivity index (χ0v) is 12.0. The van der Waals surface area contributed by atoms with Gasteiger partial charge in [-0.25, -0.2) is 0 Å². The summed E-state index contributed by atoms with van der Waals surface area (Å²) in [4.78, 5) is 25.5. The molecular formula is C11H21N7O. The molecular weight excluding hydrogens is 246 g/mol. The molecule has 0 aliphatic carbocycles. The zero-order valence-electron chi connectivity index (χ0n) is 12.0. The van der Waals surface area contributed by atoms with Crippen molar-refractivity contribution in [2.24, 2.45) is 5.73 Å². The lowest BCUT2D eigenvalue weighted by molar-refractivity contribution is -0.118. The Balaban J connectivity index is 3.00. The van der Waals surface area contributed by atoms with Gasteiger partial charge in [-0.15, -0.1) is 0 Å². The second-order valence-electron chi connectivity index (χ2n) is 5.08. The molecule has 1 rings (SSSR count). The van der Waals surface area contributed by atoms with Crippen molar-refractivity contribution in [3.63, 3.8) is 0 Å². The van der Waals surface area contributed by atoms with E-state index in [1.54, 1.807) is 11.9 Å². The Labute approximate surface area is 112 Å². The van der Waals surface area contributed by atoms with Crippen LogP contribution in [0, 0.1) is 0 Å². The van der Waals surface area contributed by atoms with Crippen molar-refractivity contribution in [2.75, 3.05) is 36.7 Å². The van der Waals surface area contributed by atoms with Gasteiger partial charge in [0.25, 0.3) is 0 Å². The highest BCUT2D eigenvalue weighted by Gasteiger charge is 2.22. The molecule has 1 amide bonds. The number of rotatable bonds is 6. The number of nitrogens with two attached hydrogens (primary N) is 1. The second-order valence-corrected chi connectivity index (χ2v) is 5.08. The SMILES string of the molecule is CNc1nc(NC(C)(C)CC(N)=O)nc(N(C)C)n1. The van der Waals surface area contributed by atoms with Crippen LogP contribution >= 0.6 is 0 Å². The maximum absolute atomic E-state index is 11.0. The lowest BCUT2D eigenvalue weighted by Gasteiger charge is -2.25. The highest BCUT2D eigenvalue weighted by molar-refractivity contribution is 5.75. The average molecular weight is 267 g/mol. The van der Waals surface area contributed by atoms with E-state index in [-0.39, 0.29) is 12.3 Å². The van der Waals surface area contributed by atoms with Crippen molar-refractivity contribution in [3.05, 3.63) is 0 Å². The zero-order chi connectivity index (χ0) is 14.6. The van der Waals surface area contributed by atoms with Gasteiger partial charge >= 0.3 is 0 Å². The van der Waals surface area contributed by atoms with Gasteiger partial charge in [-0.2, -0.15) is 15.0 Å². The highest BCUT2D eigenvalue weighted by Crippen LogP contribution is 2.17. The number of carbonyl (C=O) groups excluding carboxylic acids is 1. The van der Waals surface area contributed by atoms with Gasteiger partial charge < -0.3 is 21.3 Å². The summed E-state index contributed by atoms with van der Waals surface area (Å²) in [7, 11) is 5.41. The molecule has 8 heteroatoms. The Hall–Kier alpha value is -2.12. The summed E-state index contributed by atoms with van der Waals surface area (Å²) in [6.45, 7) is 3.71.